The zero-order valence-corrected chi connectivity index (χ0v) is 9.37. The summed E-state index contributed by atoms with van der Waals surface area (Å²) in [5, 5.41) is 1.12. The van der Waals surface area contributed by atoms with Gasteiger partial charge in [0.1, 0.15) is 0 Å². The molecule has 1 unspecified atom stereocenters. The van der Waals surface area contributed by atoms with Gasteiger partial charge in [-0.25, -0.2) is 0 Å². The number of carbonyl (C=O) groups is 1. The maximum Gasteiger partial charge on any atom is 0.328 e. The summed E-state index contributed by atoms with van der Waals surface area (Å²) in [5.41, 5.74) is 0.764. The molecule has 0 aliphatic rings. The lowest BCUT2D eigenvalue weighted by molar-refractivity contribution is -0.140. The lowest BCUT2D eigenvalue weighted by Gasteiger charge is -2.03. The van der Waals surface area contributed by atoms with Gasteiger partial charge in [-0.3, -0.25) is 4.79 Å². The van der Waals surface area contributed by atoms with Crippen LogP contribution in [0.2, 0.25) is 0 Å². The van der Waals surface area contributed by atoms with Crippen molar-refractivity contribution >= 4 is 44.8 Å². The summed E-state index contributed by atoms with van der Waals surface area (Å²) in [6.07, 6.45) is 0. The molecule has 0 radical (unpaired) electrons. The van der Waals surface area contributed by atoms with E-state index in [0.29, 0.717) is 0 Å². The fraction of sp³-hybridized carbons (Fsp3) is 0.286. The highest BCUT2D eigenvalue weighted by atomic mass is 79.9. The highest BCUT2D eigenvalue weighted by Gasteiger charge is 2.18. The molecule has 2 nitrogen and oxygen atoms in total. The minimum Gasteiger partial charge on any atom is -0.468 e. The Labute approximate surface area is 87.6 Å². The van der Waals surface area contributed by atoms with Crippen LogP contribution < -0.4 is 0 Å². The molecule has 0 aliphatic carbocycles. The van der Waals surface area contributed by atoms with E-state index < -0.39 is 11.3 Å². The quantitative estimate of drug-likeness (QED) is 0.609. The van der Waals surface area contributed by atoms with Crippen LogP contribution in [0, 0.1) is 0 Å². The van der Waals surface area contributed by atoms with E-state index in [1.165, 1.54) is 18.4 Å². The van der Waals surface area contributed by atoms with Gasteiger partial charge in [0, 0.05) is 0 Å². The van der Waals surface area contributed by atoms with Crippen LogP contribution in [0.4, 0.5) is 0 Å². The number of hydrogen-bond acceptors (Lipinski definition) is 3. The number of rotatable bonds is 2. The van der Waals surface area contributed by atoms with E-state index >= 15 is 0 Å². The largest absolute Gasteiger partial charge is 0.468 e. The average Bonchev–Trinajstić information content (AvgIpc) is 2.49. The van der Waals surface area contributed by atoms with Crippen LogP contribution in [-0.4, -0.2) is 13.1 Å². The molecule has 5 heteroatoms. The number of alkyl halides is 1. The highest BCUT2D eigenvalue weighted by Crippen LogP contribution is 2.29. The molecule has 1 heterocycles. The number of hydrogen-bond donors (Lipinski definition) is 0. The van der Waals surface area contributed by atoms with E-state index in [1.54, 1.807) is 6.07 Å². The maximum absolute atomic E-state index is 11.0. The topological polar surface area (TPSA) is 26.3 Å². The maximum atomic E-state index is 11.0. The van der Waals surface area contributed by atoms with Crippen molar-refractivity contribution in [1.29, 1.82) is 0 Å². The predicted octanol–water partition coefficient (Wildman–Crippen LogP) is 2.96. The molecule has 0 fully saturated rings. The molecular weight excluding hydrogens is 263 g/mol. The second-order valence-corrected chi connectivity index (χ2v) is 4.80. The monoisotopic (exact) mass is 268 g/mol. The van der Waals surface area contributed by atoms with Gasteiger partial charge in [0.15, 0.2) is 5.38 Å². The van der Waals surface area contributed by atoms with Crippen LogP contribution in [0.1, 0.15) is 10.9 Å². The number of esters is 1. The smallest absolute Gasteiger partial charge is 0.328 e. The minimum atomic E-state index is -0.697. The van der Waals surface area contributed by atoms with Gasteiger partial charge in [-0.15, -0.1) is 22.9 Å². The van der Waals surface area contributed by atoms with E-state index in [0.717, 1.165) is 9.35 Å². The first-order valence-electron chi connectivity index (χ1n) is 3.11. The number of methoxy groups -OCH3 is 1. The Kier molecular flexibility index (Phi) is 3.55. The fourth-order valence-corrected chi connectivity index (χ4v) is 2.19. The summed E-state index contributed by atoms with van der Waals surface area (Å²) in [6, 6.07) is 1.80. The number of ether oxygens (including phenoxy) is 1. The first-order valence-corrected chi connectivity index (χ1v) is 5.22. The molecule has 0 N–H and O–H groups in total. The number of halogens is 2. The molecule has 1 rings (SSSR count). The minimum absolute atomic E-state index is 0.429. The molecule has 0 aliphatic heterocycles. The standard InChI is InChI=1S/C7H6BrClO2S/c1-11-7(10)6(9)4-2-5(8)12-3-4/h2-3,6H,1H3. The second-order valence-electron chi connectivity index (χ2n) is 2.07. The SMILES string of the molecule is COC(=O)C(Cl)c1csc(Br)c1. The average molecular weight is 270 g/mol. The molecule has 1 atom stereocenters. The van der Waals surface area contributed by atoms with Gasteiger partial charge in [-0.1, -0.05) is 0 Å². The zero-order chi connectivity index (χ0) is 9.14. The molecule has 0 spiro atoms. The van der Waals surface area contributed by atoms with Crippen molar-refractivity contribution in [1.82, 2.24) is 0 Å². The van der Waals surface area contributed by atoms with Crippen molar-refractivity contribution in [2.24, 2.45) is 0 Å². The Morgan fingerprint density at radius 2 is 2.50 bits per heavy atom. The molecule has 0 bridgehead atoms. The zero-order valence-electron chi connectivity index (χ0n) is 6.21. The molecule has 0 saturated carbocycles. The van der Waals surface area contributed by atoms with Crippen molar-refractivity contribution in [3.8, 4) is 0 Å². The first kappa shape index (κ1) is 10.0. The highest BCUT2D eigenvalue weighted by molar-refractivity contribution is 9.11. The van der Waals surface area contributed by atoms with Gasteiger partial charge < -0.3 is 4.74 Å². The Morgan fingerprint density at radius 1 is 1.83 bits per heavy atom. The summed E-state index contributed by atoms with van der Waals surface area (Å²) in [6.45, 7) is 0. The summed E-state index contributed by atoms with van der Waals surface area (Å²) in [5.74, 6) is -0.429. The fourth-order valence-electron chi connectivity index (χ4n) is 0.696. The van der Waals surface area contributed by atoms with Gasteiger partial charge in [-0.05, 0) is 32.9 Å². The van der Waals surface area contributed by atoms with Gasteiger partial charge in [-0.2, -0.15) is 0 Å². The van der Waals surface area contributed by atoms with Crippen molar-refractivity contribution < 1.29 is 9.53 Å². The molecule has 0 amide bonds. The van der Waals surface area contributed by atoms with Crippen molar-refractivity contribution in [2.75, 3.05) is 7.11 Å². The van der Waals surface area contributed by atoms with Crippen LogP contribution in [-0.2, 0) is 9.53 Å². The number of thiophene rings is 1. The Bertz CT molecular complexity index is 287. The third-order valence-corrected chi connectivity index (χ3v) is 3.24. The second kappa shape index (κ2) is 4.25. The molecule has 0 saturated heterocycles. The van der Waals surface area contributed by atoms with Gasteiger partial charge in [0.05, 0.1) is 10.9 Å². The van der Waals surface area contributed by atoms with Crippen LogP contribution in [0.3, 0.4) is 0 Å². The summed E-state index contributed by atoms with van der Waals surface area (Å²) < 4.78 is 5.45. The van der Waals surface area contributed by atoms with Gasteiger partial charge >= 0.3 is 5.97 Å². The lowest BCUT2D eigenvalue weighted by atomic mass is 10.2. The predicted molar refractivity (Wildman–Crippen MR) is 52.6 cm³/mol. The van der Waals surface area contributed by atoms with Crippen molar-refractivity contribution in [3.05, 3.63) is 20.8 Å². The third kappa shape index (κ3) is 2.21. The van der Waals surface area contributed by atoms with E-state index in [2.05, 4.69) is 20.7 Å². The molecule has 1 aromatic rings. The molecular formula is C7H6BrClO2S. The summed E-state index contributed by atoms with van der Waals surface area (Å²) >= 11 is 10.5. The van der Waals surface area contributed by atoms with E-state index in [-0.39, 0.29) is 0 Å². The Morgan fingerprint density at radius 3 is 2.92 bits per heavy atom. The van der Waals surface area contributed by atoms with Crippen LogP contribution >= 0.6 is 38.9 Å². The molecule has 1 aromatic heterocycles. The summed E-state index contributed by atoms with van der Waals surface area (Å²) in [7, 11) is 1.32. The number of carbonyl (C=O) groups excluding carboxylic acids is 1. The first-order chi connectivity index (χ1) is 5.65. The Hall–Kier alpha value is -0.0600. The van der Waals surface area contributed by atoms with Crippen molar-refractivity contribution in [2.45, 2.75) is 5.38 Å². The van der Waals surface area contributed by atoms with Crippen LogP contribution in [0.25, 0.3) is 0 Å². The summed E-state index contributed by atoms with van der Waals surface area (Å²) in [4.78, 5) is 11.0. The van der Waals surface area contributed by atoms with E-state index in [1.807, 2.05) is 5.38 Å². The molecule has 0 aromatic carbocycles. The van der Waals surface area contributed by atoms with Gasteiger partial charge in [0.25, 0.3) is 0 Å². The Balaban J connectivity index is 2.77. The lowest BCUT2D eigenvalue weighted by Crippen LogP contribution is -2.07. The van der Waals surface area contributed by atoms with E-state index in [4.69, 9.17) is 11.6 Å². The van der Waals surface area contributed by atoms with E-state index in [9.17, 15) is 4.79 Å². The van der Waals surface area contributed by atoms with Crippen molar-refractivity contribution in [3.63, 3.8) is 0 Å². The third-order valence-electron chi connectivity index (χ3n) is 1.29. The molecule has 12 heavy (non-hydrogen) atoms. The van der Waals surface area contributed by atoms with Crippen LogP contribution in [0.15, 0.2) is 15.2 Å². The van der Waals surface area contributed by atoms with Crippen LogP contribution in [0.5, 0.6) is 0 Å². The molecule has 66 valence electrons. The normalized spacial score (nSPS) is 12.6. The van der Waals surface area contributed by atoms with Gasteiger partial charge in [0.2, 0.25) is 0 Å².